The van der Waals surface area contributed by atoms with Crippen molar-refractivity contribution in [3.63, 3.8) is 0 Å². The van der Waals surface area contributed by atoms with Gasteiger partial charge < -0.3 is 20.1 Å². The number of carboxylic acid groups (broad SMARTS) is 1. The number of carboxylic acids is 1. The van der Waals surface area contributed by atoms with Gasteiger partial charge in [-0.3, -0.25) is 9.69 Å². The summed E-state index contributed by atoms with van der Waals surface area (Å²) in [5, 5.41) is 12.1. The van der Waals surface area contributed by atoms with Crippen molar-refractivity contribution in [2.24, 2.45) is 0 Å². The molecule has 1 heterocycles. The van der Waals surface area contributed by atoms with Crippen molar-refractivity contribution >= 4 is 45.8 Å². The quantitative estimate of drug-likeness (QED) is 0.207. The Morgan fingerprint density at radius 3 is 2.31 bits per heavy atom. The van der Waals surface area contributed by atoms with E-state index >= 15 is 0 Å². The maximum atomic E-state index is 12.7. The van der Waals surface area contributed by atoms with E-state index in [9.17, 15) is 9.59 Å². The molecule has 0 aromatic heterocycles. The average Bonchev–Trinajstić information content (AvgIpc) is 2.86. The molecule has 4 rings (SSSR count). The summed E-state index contributed by atoms with van der Waals surface area (Å²) in [4.78, 5) is 28.2. The molecule has 0 radical (unpaired) electrons. The molecule has 1 saturated heterocycles. The number of carbonyl (C=O) groups is 2. The van der Waals surface area contributed by atoms with Gasteiger partial charge in [0.25, 0.3) is 0 Å². The maximum absolute atomic E-state index is 12.7. The molecule has 8 heteroatoms. The van der Waals surface area contributed by atoms with E-state index in [1.54, 1.807) is 12.1 Å². The number of nitrogens with zero attached hydrogens (tertiary/aromatic N) is 2. The number of hydrogen-bond acceptors (Lipinski definition) is 5. The predicted octanol–water partition coefficient (Wildman–Crippen LogP) is 5.48. The molecule has 1 amide bonds. The number of halogens is 1. The van der Waals surface area contributed by atoms with E-state index in [4.69, 9.17) is 9.84 Å². The normalized spacial score (nSPS) is 18.0. The van der Waals surface area contributed by atoms with E-state index in [2.05, 4.69) is 37.7 Å². The summed E-state index contributed by atoms with van der Waals surface area (Å²) in [6.07, 6.45) is 1.84. The Balaban J connectivity index is 1.26. The van der Waals surface area contributed by atoms with Crippen LogP contribution in [-0.2, 0) is 4.79 Å². The number of hydrogen-bond donors (Lipinski definition) is 2. The lowest BCUT2D eigenvalue weighted by Gasteiger charge is -2.40. The third kappa shape index (κ3) is 6.73. The molecule has 3 aromatic carbocycles. The van der Waals surface area contributed by atoms with Crippen LogP contribution in [0, 0.1) is 0 Å². The molecule has 7 nitrogen and oxygen atoms in total. The van der Waals surface area contributed by atoms with E-state index in [1.165, 1.54) is 0 Å². The molecule has 35 heavy (non-hydrogen) atoms. The summed E-state index contributed by atoms with van der Waals surface area (Å²) in [6, 6.07) is 24.2. The zero-order chi connectivity index (χ0) is 24.8. The Morgan fingerprint density at radius 2 is 1.69 bits per heavy atom. The lowest BCUT2D eigenvalue weighted by Crippen LogP contribution is -2.49. The number of amides is 1. The molecule has 182 valence electrons. The Labute approximate surface area is 218 Å². The fourth-order valence-electron chi connectivity index (χ4n) is 4.14. The van der Waals surface area contributed by atoms with Crippen molar-refractivity contribution < 1.29 is 19.4 Å². The number of alkyl halides is 1. The highest BCUT2D eigenvalue weighted by molar-refractivity contribution is 14.1. The lowest BCUT2D eigenvalue weighted by molar-refractivity contribution is -0.117. The SMILES string of the molecule is CN(c1ccc(C(=O)O)cc1)C1CCN(CC(=O)Nc2ccc(Oc3ccccc3)cc2)C(I)C1. The lowest BCUT2D eigenvalue weighted by atomic mass is 10.0. The van der Waals surface area contributed by atoms with Crippen molar-refractivity contribution in [2.75, 3.05) is 30.4 Å². The van der Waals surface area contributed by atoms with Gasteiger partial charge >= 0.3 is 5.97 Å². The molecule has 1 aliphatic heterocycles. The van der Waals surface area contributed by atoms with Crippen LogP contribution in [0.1, 0.15) is 23.2 Å². The molecule has 2 unspecified atom stereocenters. The topological polar surface area (TPSA) is 82.1 Å². The molecule has 0 aliphatic carbocycles. The van der Waals surface area contributed by atoms with Crippen LogP contribution in [0.4, 0.5) is 11.4 Å². The molecule has 0 saturated carbocycles. The van der Waals surface area contributed by atoms with Gasteiger partial charge in [-0.2, -0.15) is 0 Å². The van der Waals surface area contributed by atoms with Crippen LogP contribution in [0.3, 0.4) is 0 Å². The van der Waals surface area contributed by atoms with Crippen LogP contribution in [0.2, 0.25) is 0 Å². The zero-order valence-corrected chi connectivity index (χ0v) is 21.6. The molecular weight excluding hydrogens is 557 g/mol. The Morgan fingerprint density at radius 1 is 1.03 bits per heavy atom. The predicted molar refractivity (Wildman–Crippen MR) is 146 cm³/mol. The monoisotopic (exact) mass is 585 g/mol. The molecule has 0 spiro atoms. The van der Waals surface area contributed by atoms with E-state index < -0.39 is 5.97 Å². The molecule has 2 N–H and O–H groups in total. The highest BCUT2D eigenvalue weighted by Gasteiger charge is 2.30. The largest absolute Gasteiger partial charge is 0.478 e. The van der Waals surface area contributed by atoms with E-state index in [0.717, 1.165) is 36.5 Å². The van der Waals surface area contributed by atoms with Crippen molar-refractivity contribution in [1.29, 1.82) is 0 Å². The van der Waals surface area contributed by atoms with E-state index in [-0.39, 0.29) is 15.5 Å². The third-order valence-corrected chi connectivity index (χ3v) is 7.44. The summed E-state index contributed by atoms with van der Waals surface area (Å²) < 4.78 is 6.02. The average molecular weight is 585 g/mol. The highest BCUT2D eigenvalue weighted by atomic mass is 127. The first-order chi connectivity index (χ1) is 16.9. The van der Waals surface area contributed by atoms with Gasteiger partial charge in [0, 0.05) is 31.0 Å². The van der Waals surface area contributed by atoms with Crippen molar-refractivity contribution in [2.45, 2.75) is 22.9 Å². The second kappa shape index (κ2) is 11.5. The summed E-state index contributed by atoms with van der Waals surface area (Å²) >= 11 is 2.40. The van der Waals surface area contributed by atoms with Gasteiger partial charge in [0.2, 0.25) is 5.91 Å². The van der Waals surface area contributed by atoms with Gasteiger partial charge in [-0.1, -0.05) is 40.8 Å². The second-order valence-corrected chi connectivity index (χ2v) is 9.97. The number of nitrogens with one attached hydrogen (secondary N) is 1. The van der Waals surface area contributed by atoms with Gasteiger partial charge in [0.15, 0.2) is 0 Å². The molecule has 0 bridgehead atoms. The standard InChI is InChI=1S/C27H28IN3O4/c1-30(21-11-7-19(8-12-21)27(33)34)22-15-16-31(25(28)17-22)18-26(32)29-20-9-13-24(14-10-20)35-23-5-3-2-4-6-23/h2-14,22,25H,15-18H2,1H3,(H,29,32)(H,33,34). The second-order valence-electron chi connectivity index (χ2n) is 8.53. The zero-order valence-electron chi connectivity index (χ0n) is 19.4. The summed E-state index contributed by atoms with van der Waals surface area (Å²) in [5.41, 5.74) is 2.02. The van der Waals surface area contributed by atoms with Gasteiger partial charge in [0.1, 0.15) is 11.5 Å². The van der Waals surface area contributed by atoms with Crippen molar-refractivity contribution in [3.8, 4) is 11.5 Å². The van der Waals surface area contributed by atoms with Gasteiger partial charge in [-0.25, -0.2) is 4.79 Å². The first kappa shape index (κ1) is 25.0. The molecule has 2 atom stereocenters. The van der Waals surface area contributed by atoms with Crippen LogP contribution in [0.5, 0.6) is 11.5 Å². The highest BCUT2D eigenvalue weighted by Crippen LogP contribution is 2.29. The first-order valence-electron chi connectivity index (χ1n) is 11.5. The summed E-state index contributed by atoms with van der Waals surface area (Å²) in [6.45, 7) is 1.15. The molecule has 1 fully saturated rings. The molecule has 3 aromatic rings. The van der Waals surface area contributed by atoms with Gasteiger partial charge in [-0.05, 0) is 73.5 Å². The van der Waals surface area contributed by atoms with Crippen LogP contribution < -0.4 is 15.0 Å². The smallest absolute Gasteiger partial charge is 0.335 e. The minimum atomic E-state index is -0.922. The number of carbonyl (C=O) groups excluding carboxylic acids is 1. The fraction of sp³-hybridized carbons (Fsp3) is 0.259. The van der Waals surface area contributed by atoms with E-state index in [1.807, 2.05) is 73.8 Å². The van der Waals surface area contributed by atoms with Crippen LogP contribution in [0.15, 0.2) is 78.9 Å². The molecular formula is C27H28IN3O4. The minimum absolute atomic E-state index is 0.0422. The van der Waals surface area contributed by atoms with Crippen molar-refractivity contribution in [1.82, 2.24) is 4.90 Å². The van der Waals surface area contributed by atoms with Gasteiger partial charge in [-0.15, -0.1) is 0 Å². The Hall–Kier alpha value is -3.11. The van der Waals surface area contributed by atoms with Crippen LogP contribution >= 0.6 is 22.6 Å². The van der Waals surface area contributed by atoms with Crippen LogP contribution in [-0.4, -0.2) is 52.1 Å². The minimum Gasteiger partial charge on any atom is -0.478 e. The number of aromatic carboxylic acids is 1. The number of para-hydroxylation sites is 1. The number of ether oxygens (including phenoxy) is 1. The number of benzene rings is 3. The Kier molecular flexibility index (Phi) is 8.25. The first-order valence-corrected chi connectivity index (χ1v) is 12.7. The number of rotatable bonds is 8. The van der Waals surface area contributed by atoms with Crippen LogP contribution in [0.25, 0.3) is 0 Å². The number of anilines is 2. The van der Waals surface area contributed by atoms with Gasteiger partial charge in [0.05, 0.1) is 16.2 Å². The number of likely N-dealkylation sites (tertiary alicyclic amines) is 1. The third-order valence-electron chi connectivity index (χ3n) is 6.15. The number of piperidine rings is 1. The fourth-order valence-corrected chi connectivity index (χ4v) is 5.20. The molecule has 1 aliphatic rings. The Bertz CT molecular complexity index is 1140. The van der Waals surface area contributed by atoms with E-state index in [0.29, 0.717) is 18.3 Å². The summed E-state index contributed by atoms with van der Waals surface area (Å²) in [7, 11) is 2.04. The summed E-state index contributed by atoms with van der Waals surface area (Å²) in [5.74, 6) is 0.517. The van der Waals surface area contributed by atoms with Crippen molar-refractivity contribution in [3.05, 3.63) is 84.4 Å². The maximum Gasteiger partial charge on any atom is 0.335 e.